The fraction of sp³-hybridized carbons (Fsp3) is 0.571. The van der Waals surface area contributed by atoms with Crippen LogP contribution in [-0.2, 0) is 0 Å². The molecule has 2 rings (SSSR count). The van der Waals surface area contributed by atoms with Crippen molar-refractivity contribution < 1.29 is 5.11 Å². The first kappa shape index (κ1) is 11.6. The number of benzene rings is 1. The number of nitrogens with one attached hydrogen (secondary N) is 1. The molecule has 1 atom stereocenters. The summed E-state index contributed by atoms with van der Waals surface area (Å²) in [5, 5.41) is 13.2. The molecular formula is C14H21NO. The van der Waals surface area contributed by atoms with E-state index in [2.05, 4.69) is 43.4 Å². The molecule has 1 saturated carbocycles. The lowest BCUT2D eigenvalue weighted by atomic mass is 10.0. The predicted molar refractivity (Wildman–Crippen MR) is 66.5 cm³/mol. The van der Waals surface area contributed by atoms with Crippen molar-refractivity contribution in [2.24, 2.45) is 0 Å². The van der Waals surface area contributed by atoms with Crippen LogP contribution in [-0.4, -0.2) is 17.7 Å². The maximum atomic E-state index is 9.95. The molecule has 2 N–H and O–H groups in total. The van der Waals surface area contributed by atoms with Gasteiger partial charge in [-0.25, -0.2) is 0 Å². The van der Waals surface area contributed by atoms with E-state index in [1.165, 1.54) is 18.4 Å². The van der Waals surface area contributed by atoms with Crippen molar-refractivity contribution >= 4 is 0 Å². The molecule has 0 spiro atoms. The van der Waals surface area contributed by atoms with Gasteiger partial charge in [0, 0.05) is 12.6 Å². The van der Waals surface area contributed by atoms with Crippen LogP contribution < -0.4 is 5.32 Å². The number of aliphatic hydroxyl groups is 1. The van der Waals surface area contributed by atoms with Gasteiger partial charge in [0.2, 0.25) is 0 Å². The molecule has 0 bridgehead atoms. The molecule has 0 aromatic heterocycles. The zero-order chi connectivity index (χ0) is 11.5. The lowest BCUT2D eigenvalue weighted by Gasteiger charge is -2.14. The van der Waals surface area contributed by atoms with Crippen LogP contribution in [0.25, 0.3) is 0 Å². The van der Waals surface area contributed by atoms with Crippen LogP contribution in [0.15, 0.2) is 24.3 Å². The van der Waals surface area contributed by atoms with E-state index in [0.29, 0.717) is 12.6 Å². The minimum Gasteiger partial charge on any atom is -0.387 e. The Morgan fingerprint density at radius 3 is 2.38 bits per heavy atom. The molecule has 0 heterocycles. The van der Waals surface area contributed by atoms with Crippen molar-refractivity contribution in [3.63, 3.8) is 0 Å². The van der Waals surface area contributed by atoms with Crippen LogP contribution in [0.3, 0.4) is 0 Å². The molecule has 0 aliphatic heterocycles. The van der Waals surface area contributed by atoms with Crippen molar-refractivity contribution in [1.29, 1.82) is 0 Å². The van der Waals surface area contributed by atoms with E-state index in [4.69, 9.17) is 0 Å². The first-order valence-corrected chi connectivity index (χ1v) is 6.18. The first-order valence-electron chi connectivity index (χ1n) is 6.18. The smallest absolute Gasteiger partial charge is 0.0914 e. The Balaban J connectivity index is 1.92. The summed E-state index contributed by atoms with van der Waals surface area (Å²) in [6, 6.07) is 8.85. The molecule has 1 aliphatic rings. The van der Waals surface area contributed by atoms with Crippen molar-refractivity contribution in [3.05, 3.63) is 35.4 Å². The summed E-state index contributed by atoms with van der Waals surface area (Å²) in [7, 11) is 0. The Labute approximate surface area is 97.7 Å². The highest BCUT2D eigenvalue weighted by Gasteiger charge is 2.23. The lowest BCUT2D eigenvalue weighted by molar-refractivity contribution is 0.171. The molecular weight excluding hydrogens is 198 g/mol. The van der Waals surface area contributed by atoms with Crippen LogP contribution in [0, 0.1) is 0 Å². The topological polar surface area (TPSA) is 32.3 Å². The van der Waals surface area contributed by atoms with Crippen LogP contribution in [0.4, 0.5) is 0 Å². The van der Waals surface area contributed by atoms with Crippen molar-refractivity contribution in [3.8, 4) is 0 Å². The van der Waals surface area contributed by atoms with E-state index in [9.17, 15) is 5.11 Å². The number of hydrogen-bond donors (Lipinski definition) is 2. The van der Waals surface area contributed by atoms with E-state index in [-0.39, 0.29) is 0 Å². The second kappa shape index (κ2) is 4.98. The van der Waals surface area contributed by atoms with Gasteiger partial charge in [-0.3, -0.25) is 0 Å². The monoisotopic (exact) mass is 219 g/mol. The van der Waals surface area contributed by atoms with Gasteiger partial charge in [-0.15, -0.1) is 0 Å². The van der Waals surface area contributed by atoms with Gasteiger partial charge < -0.3 is 10.4 Å². The van der Waals surface area contributed by atoms with E-state index in [0.717, 1.165) is 11.5 Å². The second-order valence-corrected chi connectivity index (χ2v) is 5.02. The zero-order valence-corrected chi connectivity index (χ0v) is 10.1. The minimum atomic E-state index is -0.393. The molecule has 16 heavy (non-hydrogen) atoms. The Morgan fingerprint density at radius 1 is 1.25 bits per heavy atom. The Hall–Kier alpha value is -0.860. The third-order valence-electron chi connectivity index (χ3n) is 3.09. The quantitative estimate of drug-likeness (QED) is 0.798. The molecule has 1 aromatic carbocycles. The molecule has 88 valence electrons. The summed E-state index contributed by atoms with van der Waals surface area (Å²) in [5.74, 6) is 0.792. The third-order valence-corrected chi connectivity index (χ3v) is 3.09. The Kier molecular flexibility index (Phi) is 3.62. The van der Waals surface area contributed by atoms with E-state index < -0.39 is 6.10 Å². The Morgan fingerprint density at radius 2 is 1.88 bits per heavy atom. The lowest BCUT2D eigenvalue weighted by Crippen LogP contribution is -2.27. The van der Waals surface area contributed by atoms with Gasteiger partial charge in [0.1, 0.15) is 0 Å². The summed E-state index contributed by atoms with van der Waals surface area (Å²) in [6.07, 6.45) is 2.27. The molecule has 0 radical (unpaired) electrons. The second-order valence-electron chi connectivity index (χ2n) is 5.02. The van der Waals surface area contributed by atoms with Gasteiger partial charge in [0.25, 0.3) is 0 Å². The van der Waals surface area contributed by atoms with Crippen molar-refractivity contribution in [2.45, 2.75) is 44.8 Å². The van der Waals surface area contributed by atoms with Gasteiger partial charge in [-0.2, -0.15) is 0 Å². The molecule has 1 aliphatic carbocycles. The average Bonchev–Trinajstić information content (AvgIpc) is 3.10. The molecule has 0 amide bonds. The minimum absolute atomic E-state index is 0.393. The molecule has 0 saturated heterocycles. The average molecular weight is 219 g/mol. The standard InChI is InChI=1S/C14H21NO/c1-10(2)15-9-14(16)13-7-5-12(6-8-13)11-3-4-11/h5-8,10-11,14-16H,3-4,9H2,1-2H3. The summed E-state index contributed by atoms with van der Waals surface area (Å²) in [4.78, 5) is 0. The fourth-order valence-electron chi connectivity index (χ4n) is 1.87. The molecule has 1 fully saturated rings. The van der Waals surface area contributed by atoms with Crippen molar-refractivity contribution in [1.82, 2.24) is 5.32 Å². The summed E-state index contributed by atoms with van der Waals surface area (Å²) >= 11 is 0. The van der Waals surface area contributed by atoms with Crippen LogP contribution in [0.5, 0.6) is 0 Å². The summed E-state index contributed by atoms with van der Waals surface area (Å²) in [6.45, 7) is 4.80. The molecule has 1 unspecified atom stereocenters. The maximum Gasteiger partial charge on any atom is 0.0914 e. The first-order chi connectivity index (χ1) is 7.66. The van der Waals surface area contributed by atoms with Crippen LogP contribution in [0.1, 0.15) is 49.8 Å². The number of rotatable bonds is 5. The molecule has 2 heteroatoms. The largest absolute Gasteiger partial charge is 0.387 e. The highest BCUT2D eigenvalue weighted by Crippen LogP contribution is 2.40. The fourth-order valence-corrected chi connectivity index (χ4v) is 1.87. The van der Waals surface area contributed by atoms with Gasteiger partial charge >= 0.3 is 0 Å². The maximum absolute atomic E-state index is 9.95. The van der Waals surface area contributed by atoms with Crippen molar-refractivity contribution in [2.75, 3.05) is 6.54 Å². The Bertz CT molecular complexity index is 327. The molecule has 1 aromatic rings. The SMILES string of the molecule is CC(C)NCC(O)c1ccc(C2CC2)cc1. The predicted octanol–water partition coefficient (Wildman–Crippen LogP) is 2.60. The molecule has 2 nitrogen and oxygen atoms in total. The summed E-state index contributed by atoms with van der Waals surface area (Å²) < 4.78 is 0. The normalized spacial score (nSPS) is 17.8. The van der Waals surface area contributed by atoms with Crippen LogP contribution in [0.2, 0.25) is 0 Å². The summed E-state index contributed by atoms with van der Waals surface area (Å²) in [5.41, 5.74) is 2.44. The van der Waals surface area contributed by atoms with Gasteiger partial charge in [0.15, 0.2) is 0 Å². The number of hydrogen-bond acceptors (Lipinski definition) is 2. The highest BCUT2D eigenvalue weighted by atomic mass is 16.3. The van der Waals surface area contributed by atoms with E-state index >= 15 is 0 Å². The van der Waals surface area contributed by atoms with E-state index in [1.54, 1.807) is 0 Å². The van der Waals surface area contributed by atoms with Gasteiger partial charge in [-0.1, -0.05) is 38.1 Å². The third kappa shape index (κ3) is 3.06. The van der Waals surface area contributed by atoms with Crippen LogP contribution >= 0.6 is 0 Å². The highest BCUT2D eigenvalue weighted by molar-refractivity contribution is 5.29. The number of aliphatic hydroxyl groups excluding tert-OH is 1. The van der Waals surface area contributed by atoms with Gasteiger partial charge in [0.05, 0.1) is 6.10 Å². The van der Waals surface area contributed by atoms with E-state index in [1.807, 2.05) is 0 Å². The van der Waals surface area contributed by atoms with Gasteiger partial charge in [-0.05, 0) is 29.9 Å². The zero-order valence-electron chi connectivity index (χ0n) is 10.1.